The van der Waals surface area contributed by atoms with Crippen LogP contribution in [0.25, 0.3) is 0 Å². The lowest BCUT2D eigenvalue weighted by molar-refractivity contribution is 0.194. The molecule has 1 aromatic rings. The Morgan fingerprint density at radius 2 is 2.11 bits per heavy atom. The number of nitrogens with zero attached hydrogens (tertiary/aromatic N) is 1. The van der Waals surface area contributed by atoms with E-state index in [4.69, 9.17) is 0 Å². The minimum absolute atomic E-state index is 0.936. The van der Waals surface area contributed by atoms with Gasteiger partial charge < -0.3 is 10.2 Å². The summed E-state index contributed by atoms with van der Waals surface area (Å²) in [6, 6.07) is 7.01. The SMILES string of the molecule is CC1CCN(CCc2ccc3c(c2)CCCN3)CC1. The molecule has 0 amide bonds. The number of rotatable bonds is 3. The van der Waals surface area contributed by atoms with Crippen LogP contribution in [0, 0.1) is 5.92 Å². The van der Waals surface area contributed by atoms with Gasteiger partial charge in [0.2, 0.25) is 0 Å². The van der Waals surface area contributed by atoms with Crippen LogP contribution in [0.15, 0.2) is 18.2 Å². The Balaban J connectivity index is 1.55. The number of hydrogen-bond donors (Lipinski definition) is 1. The van der Waals surface area contributed by atoms with Crippen LogP contribution >= 0.6 is 0 Å². The van der Waals surface area contributed by atoms with Gasteiger partial charge in [0, 0.05) is 18.8 Å². The second-order valence-electron chi connectivity index (χ2n) is 6.30. The van der Waals surface area contributed by atoms with Gasteiger partial charge in [-0.1, -0.05) is 19.1 Å². The molecule has 2 heteroatoms. The molecule has 0 bridgehead atoms. The Morgan fingerprint density at radius 1 is 1.26 bits per heavy atom. The van der Waals surface area contributed by atoms with Crippen LogP contribution < -0.4 is 5.32 Å². The molecule has 104 valence electrons. The molecule has 2 nitrogen and oxygen atoms in total. The summed E-state index contributed by atoms with van der Waals surface area (Å²) in [5.41, 5.74) is 4.40. The number of anilines is 1. The molecule has 0 aromatic heterocycles. The first-order valence-electron chi connectivity index (χ1n) is 7.89. The van der Waals surface area contributed by atoms with E-state index in [-0.39, 0.29) is 0 Å². The van der Waals surface area contributed by atoms with E-state index in [1.54, 1.807) is 0 Å². The maximum absolute atomic E-state index is 3.49. The first kappa shape index (κ1) is 13.0. The van der Waals surface area contributed by atoms with Gasteiger partial charge in [-0.15, -0.1) is 0 Å². The van der Waals surface area contributed by atoms with Crippen molar-refractivity contribution < 1.29 is 0 Å². The molecular formula is C17H26N2. The molecule has 1 N–H and O–H groups in total. The van der Waals surface area contributed by atoms with Crippen molar-refractivity contribution in [2.45, 2.75) is 39.0 Å². The second kappa shape index (κ2) is 5.96. The lowest BCUT2D eigenvalue weighted by Crippen LogP contribution is -2.34. The molecule has 0 saturated carbocycles. The molecule has 1 aromatic carbocycles. The first-order valence-corrected chi connectivity index (χ1v) is 7.89. The molecule has 0 aliphatic carbocycles. The predicted molar refractivity (Wildman–Crippen MR) is 81.8 cm³/mol. The standard InChI is InChI=1S/C17H26N2/c1-14-6-10-19(11-7-14)12-8-15-4-5-17-16(13-15)3-2-9-18-17/h4-5,13-14,18H,2-3,6-12H2,1H3. The van der Waals surface area contributed by atoms with Crippen LogP contribution in [-0.2, 0) is 12.8 Å². The monoisotopic (exact) mass is 258 g/mol. The predicted octanol–water partition coefficient (Wildman–Crippen LogP) is 3.32. The van der Waals surface area contributed by atoms with Crippen LogP contribution in [-0.4, -0.2) is 31.1 Å². The summed E-state index contributed by atoms with van der Waals surface area (Å²) in [7, 11) is 0. The molecule has 1 saturated heterocycles. The number of fused-ring (bicyclic) bond motifs is 1. The Bertz CT molecular complexity index is 419. The van der Waals surface area contributed by atoms with Gasteiger partial charge in [0.1, 0.15) is 0 Å². The van der Waals surface area contributed by atoms with Gasteiger partial charge in [-0.2, -0.15) is 0 Å². The topological polar surface area (TPSA) is 15.3 Å². The summed E-state index contributed by atoms with van der Waals surface area (Å²) >= 11 is 0. The molecule has 1 fully saturated rings. The fourth-order valence-electron chi connectivity index (χ4n) is 3.26. The van der Waals surface area contributed by atoms with E-state index in [9.17, 15) is 0 Å². The van der Waals surface area contributed by atoms with Gasteiger partial charge in [0.25, 0.3) is 0 Å². The van der Waals surface area contributed by atoms with Crippen molar-refractivity contribution in [1.82, 2.24) is 4.90 Å². The highest BCUT2D eigenvalue weighted by atomic mass is 15.1. The second-order valence-corrected chi connectivity index (χ2v) is 6.30. The van der Waals surface area contributed by atoms with Crippen molar-refractivity contribution in [1.29, 1.82) is 0 Å². The zero-order chi connectivity index (χ0) is 13.1. The van der Waals surface area contributed by atoms with Gasteiger partial charge in [-0.25, -0.2) is 0 Å². The summed E-state index contributed by atoms with van der Waals surface area (Å²) in [4.78, 5) is 2.64. The number of hydrogen-bond acceptors (Lipinski definition) is 2. The van der Waals surface area contributed by atoms with E-state index in [2.05, 4.69) is 35.3 Å². The van der Waals surface area contributed by atoms with Crippen LogP contribution in [0.3, 0.4) is 0 Å². The van der Waals surface area contributed by atoms with E-state index in [1.165, 1.54) is 68.6 Å². The molecule has 2 aliphatic heterocycles. The third kappa shape index (κ3) is 3.30. The van der Waals surface area contributed by atoms with E-state index in [0.29, 0.717) is 0 Å². The summed E-state index contributed by atoms with van der Waals surface area (Å²) in [5.74, 6) is 0.936. The summed E-state index contributed by atoms with van der Waals surface area (Å²) in [6.45, 7) is 7.35. The highest BCUT2D eigenvalue weighted by Crippen LogP contribution is 2.23. The lowest BCUT2D eigenvalue weighted by atomic mass is 9.97. The van der Waals surface area contributed by atoms with Gasteiger partial charge in [-0.3, -0.25) is 0 Å². The van der Waals surface area contributed by atoms with E-state index in [1.807, 2.05) is 0 Å². The fraction of sp³-hybridized carbons (Fsp3) is 0.647. The Kier molecular flexibility index (Phi) is 4.07. The smallest absolute Gasteiger partial charge is 0.0372 e. The maximum Gasteiger partial charge on any atom is 0.0372 e. The number of nitrogens with one attached hydrogen (secondary N) is 1. The molecule has 0 spiro atoms. The average molecular weight is 258 g/mol. The summed E-state index contributed by atoms with van der Waals surface area (Å²) in [5, 5.41) is 3.49. The Labute approximate surface area is 117 Å². The minimum atomic E-state index is 0.936. The van der Waals surface area contributed by atoms with Crippen LogP contribution in [0.2, 0.25) is 0 Å². The first-order chi connectivity index (χ1) is 9.31. The third-order valence-electron chi connectivity index (χ3n) is 4.70. The van der Waals surface area contributed by atoms with Crippen LogP contribution in [0.4, 0.5) is 5.69 Å². The zero-order valence-corrected chi connectivity index (χ0v) is 12.1. The Morgan fingerprint density at radius 3 is 2.95 bits per heavy atom. The summed E-state index contributed by atoms with van der Waals surface area (Å²) < 4.78 is 0. The quantitative estimate of drug-likeness (QED) is 0.894. The minimum Gasteiger partial charge on any atom is -0.385 e. The largest absolute Gasteiger partial charge is 0.385 e. The number of benzene rings is 1. The van der Waals surface area contributed by atoms with Crippen molar-refractivity contribution in [2.75, 3.05) is 31.5 Å². The van der Waals surface area contributed by atoms with Crippen LogP contribution in [0.5, 0.6) is 0 Å². The highest BCUT2D eigenvalue weighted by molar-refractivity contribution is 5.54. The van der Waals surface area contributed by atoms with Gasteiger partial charge in [0.15, 0.2) is 0 Å². The van der Waals surface area contributed by atoms with Crippen molar-refractivity contribution >= 4 is 5.69 Å². The third-order valence-corrected chi connectivity index (χ3v) is 4.70. The van der Waals surface area contributed by atoms with Crippen molar-refractivity contribution in [3.05, 3.63) is 29.3 Å². The lowest BCUT2D eigenvalue weighted by Gasteiger charge is -2.30. The van der Waals surface area contributed by atoms with Crippen LogP contribution in [0.1, 0.15) is 37.3 Å². The van der Waals surface area contributed by atoms with Gasteiger partial charge in [0.05, 0.1) is 0 Å². The molecule has 0 radical (unpaired) electrons. The zero-order valence-electron chi connectivity index (χ0n) is 12.1. The van der Waals surface area contributed by atoms with Crippen molar-refractivity contribution in [2.24, 2.45) is 5.92 Å². The fourth-order valence-corrected chi connectivity index (χ4v) is 3.26. The normalized spacial score (nSPS) is 20.9. The van der Waals surface area contributed by atoms with Gasteiger partial charge in [-0.05, 0) is 68.3 Å². The maximum atomic E-state index is 3.49. The molecule has 0 atom stereocenters. The summed E-state index contributed by atoms with van der Waals surface area (Å²) in [6.07, 6.45) is 6.50. The van der Waals surface area contributed by atoms with E-state index < -0.39 is 0 Å². The number of aryl methyl sites for hydroxylation is 1. The van der Waals surface area contributed by atoms with E-state index in [0.717, 1.165) is 12.5 Å². The van der Waals surface area contributed by atoms with Crippen molar-refractivity contribution in [3.63, 3.8) is 0 Å². The average Bonchev–Trinajstić information content (AvgIpc) is 2.46. The Hall–Kier alpha value is -1.02. The molecule has 2 heterocycles. The molecule has 2 aliphatic rings. The highest BCUT2D eigenvalue weighted by Gasteiger charge is 2.15. The molecule has 3 rings (SSSR count). The number of likely N-dealkylation sites (tertiary alicyclic amines) is 1. The number of piperidine rings is 1. The van der Waals surface area contributed by atoms with Crippen molar-refractivity contribution in [3.8, 4) is 0 Å². The van der Waals surface area contributed by atoms with Gasteiger partial charge >= 0.3 is 0 Å². The molecular weight excluding hydrogens is 232 g/mol. The molecule has 19 heavy (non-hydrogen) atoms. The van der Waals surface area contributed by atoms with E-state index >= 15 is 0 Å². The molecule has 0 unspecified atom stereocenters.